The van der Waals surface area contributed by atoms with E-state index in [1.807, 2.05) is 10.9 Å². The van der Waals surface area contributed by atoms with Crippen molar-refractivity contribution in [3.8, 4) is 0 Å². The van der Waals surface area contributed by atoms with Crippen LogP contribution in [0.2, 0.25) is 4.34 Å². The standard InChI is InChI=1S/C18H24ClN3O2S/c1-12-8-18(17-13(3-5-24-18)7-16(19)25-17)9-15(21-12)14-10-20-22(11-14)4-6-23-2/h7,10-12,15,21H,3-6,8-9H2,1-2H3/t12-,15-,18-/m0/s1. The van der Waals surface area contributed by atoms with Crippen LogP contribution in [0.4, 0.5) is 0 Å². The normalized spacial score (nSPS) is 29.1. The Morgan fingerprint density at radius 1 is 1.52 bits per heavy atom. The Kier molecular flexibility index (Phi) is 4.90. The molecule has 5 nitrogen and oxygen atoms in total. The highest BCUT2D eigenvalue weighted by molar-refractivity contribution is 7.16. The van der Waals surface area contributed by atoms with Crippen LogP contribution in [-0.4, -0.2) is 36.1 Å². The number of piperidine rings is 1. The molecule has 0 unspecified atom stereocenters. The molecule has 1 spiro atoms. The minimum atomic E-state index is -0.227. The third-order valence-electron chi connectivity index (χ3n) is 5.18. The Morgan fingerprint density at radius 2 is 2.40 bits per heavy atom. The van der Waals surface area contributed by atoms with Gasteiger partial charge in [-0.1, -0.05) is 11.6 Å². The fourth-order valence-electron chi connectivity index (χ4n) is 4.14. The summed E-state index contributed by atoms with van der Waals surface area (Å²) < 4.78 is 14.4. The van der Waals surface area contributed by atoms with Gasteiger partial charge in [-0.3, -0.25) is 4.68 Å². The molecule has 4 rings (SSSR count). The van der Waals surface area contributed by atoms with E-state index in [-0.39, 0.29) is 11.6 Å². The molecule has 3 atom stereocenters. The van der Waals surface area contributed by atoms with E-state index in [0.29, 0.717) is 12.6 Å². The van der Waals surface area contributed by atoms with E-state index in [4.69, 9.17) is 21.1 Å². The quantitative estimate of drug-likeness (QED) is 0.880. The highest BCUT2D eigenvalue weighted by Crippen LogP contribution is 2.49. The molecule has 0 saturated carbocycles. The minimum Gasteiger partial charge on any atom is -0.383 e. The highest BCUT2D eigenvalue weighted by Gasteiger charge is 2.46. The van der Waals surface area contributed by atoms with Gasteiger partial charge in [0.15, 0.2) is 0 Å². The predicted octanol–water partition coefficient (Wildman–Crippen LogP) is 3.53. The fraction of sp³-hybridized carbons (Fsp3) is 0.611. The van der Waals surface area contributed by atoms with Crippen molar-refractivity contribution in [2.45, 2.75) is 50.4 Å². The molecule has 2 aliphatic heterocycles. The molecule has 2 aliphatic rings. The number of ether oxygens (including phenoxy) is 2. The SMILES string of the molecule is COCCn1cc([C@@H]2C[C@]3(C[C@H](C)N2)OCCc2cc(Cl)sc23)cn1. The molecule has 2 aromatic heterocycles. The summed E-state index contributed by atoms with van der Waals surface area (Å²) >= 11 is 8.00. The van der Waals surface area contributed by atoms with Crippen molar-refractivity contribution < 1.29 is 9.47 Å². The lowest BCUT2D eigenvalue weighted by molar-refractivity contribution is -0.0954. The van der Waals surface area contributed by atoms with Crippen LogP contribution in [0.3, 0.4) is 0 Å². The number of aromatic nitrogens is 2. The summed E-state index contributed by atoms with van der Waals surface area (Å²) in [7, 11) is 1.71. The van der Waals surface area contributed by atoms with E-state index in [1.165, 1.54) is 16.0 Å². The second-order valence-corrected chi connectivity index (χ2v) is 8.74. The van der Waals surface area contributed by atoms with Crippen LogP contribution in [0.25, 0.3) is 0 Å². The second kappa shape index (κ2) is 7.00. The largest absolute Gasteiger partial charge is 0.383 e. The first-order valence-corrected chi connectivity index (χ1v) is 9.99. The van der Waals surface area contributed by atoms with Crippen molar-refractivity contribution in [2.24, 2.45) is 0 Å². The van der Waals surface area contributed by atoms with Crippen molar-refractivity contribution in [2.75, 3.05) is 20.3 Å². The van der Waals surface area contributed by atoms with E-state index in [2.05, 4.69) is 29.6 Å². The summed E-state index contributed by atoms with van der Waals surface area (Å²) in [5.41, 5.74) is 2.35. The Morgan fingerprint density at radius 3 is 3.24 bits per heavy atom. The van der Waals surface area contributed by atoms with Gasteiger partial charge < -0.3 is 14.8 Å². The van der Waals surface area contributed by atoms with Crippen LogP contribution in [-0.2, 0) is 28.0 Å². The van der Waals surface area contributed by atoms with Crippen molar-refractivity contribution in [3.63, 3.8) is 0 Å². The number of fused-ring (bicyclic) bond motifs is 2. The molecule has 0 aromatic carbocycles. The monoisotopic (exact) mass is 381 g/mol. The van der Waals surface area contributed by atoms with Crippen LogP contribution in [0.15, 0.2) is 18.5 Å². The number of rotatable bonds is 4. The van der Waals surface area contributed by atoms with Gasteiger partial charge in [-0.25, -0.2) is 0 Å². The van der Waals surface area contributed by atoms with Gasteiger partial charge in [-0.05, 0) is 31.4 Å². The predicted molar refractivity (Wildman–Crippen MR) is 99.3 cm³/mol. The first kappa shape index (κ1) is 17.5. The van der Waals surface area contributed by atoms with Crippen molar-refractivity contribution in [1.82, 2.24) is 15.1 Å². The van der Waals surface area contributed by atoms with Crippen LogP contribution in [0, 0.1) is 0 Å². The molecule has 136 valence electrons. The molecule has 1 fully saturated rings. The lowest BCUT2D eigenvalue weighted by Gasteiger charge is -2.46. The zero-order chi connectivity index (χ0) is 17.4. The molecule has 0 radical (unpaired) electrons. The summed E-state index contributed by atoms with van der Waals surface area (Å²) in [4.78, 5) is 1.33. The van der Waals surface area contributed by atoms with Gasteiger partial charge in [0.25, 0.3) is 0 Å². The van der Waals surface area contributed by atoms with Crippen LogP contribution < -0.4 is 5.32 Å². The number of nitrogens with zero attached hydrogens (tertiary/aromatic N) is 2. The first-order valence-electron chi connectivity index (χ1n) is 8.79. The van der Waals surface area contributed by atoms with E-state index in [1.54, 1.807) is 18.4 Å². The highest BCUT2D eigenvalue weighted by atomic mass is 35.5. The molecule has 7 heteroatoms. The van der Waals surface area contributed by atoms with E-state index < -0.39 is 0 Å². The number of methoxy groups -OCH3 is 1. The maximum Gasteiger partial charge on any atom is 0.106 e. The third kappa shape index (κ3) is 3.38. The number of hydrogen-bond acceptors (Lipinski definition) is 5. The molecule has 25 heavy (non-hydrogen) atoms. The lowest BCUT2D eigenvalue weighted by Crippen LogP contribution is -2.49. The zero-order valence-electron chi connectivity index (χ0n) is 14.6. The Labute approximate surface area is 157 Å². The molecule has 1 saturated heterocycles. The number of nitrogens with one attached hydrogen (secondary N) is 1. The summed E-state index contributed by atoms with van der Waals surface area (Å²) in [6.45, 7) is 4.44. The average Bonchev–Trinajstić information content (AvgIpc) is 3.19. The van der Waals surface area contributed by atoms with E-state index in [9.17, 15) is 0 Å². The molecule has 0 amide bonds. The van der Waals surface area contributed by atoms with Gasteiger partial charge in [0.05, 0.1) is 30.3 Å². The Hall–Kier alpha value is -0.920. The Balaban J connectivity index is 1.61. The van der Waals surface area contributed by atoms with Crippen LogP contribution >= 0.6 is 22.9 Å². The van der Waals surface area contributed by atoms with Gasteiger partial charge in [0.2, 0.25) is 0 Å². The topological polar surface area (TPSA) is 48.3 Å². The fourth-order valence-corrected chi connectivity index (χ4v) is 5.60. The summed E-state index contributed by atoms with van der Waals surface area (Å²) in [5, 5.41) is 8.19. The van der Waals surface area contributed by atoms with Crippen LogP contribution in [0.1, 0.15) is 41.8 Å². The Bertz CT molecular complexity index is 747. The minimum absolute atomic E-state index is 0.227. The average molecular weight is 382 g/mol. The van der Waals surface area contributed by atoms with E-state index in [0.717, 1.165) is 36.8 Å². The number of thiophene rings is 1. The van der Waals surface area contributed by atoms with Crippen molar-refractivity contribution in [3.05, 3.63) is 38.8 Å². The smallest absolute Gasteiger partial charge is 0.106 e. The van der Waals surface area contributed by atoms with Gasteiger partial charge in [0.1, 0.15) is 5.60 Å². The van der Waals surface area contributed by atoms with Crippen molar-refractivity contribution in [1.29, 1.82) is 0 Å². The molecular weight excluding hydrogens is 358 g/mol. The second-order valence-electron chi connectivity index (χ2n) is 7.06. The molecule has 0 bridgehead atoms. The van der Waals surface area contributed by atoms with Crippen LogP contribution in [0.5, 0.6) is 0 Å². The first-order chi connectivity index (χ1) is 12.1. The van der Waals surface area contributed by atoms with Gasteiger partial charge in [-0.2, -0.15) is 5.10 Å². The van der Waals surface area contributed by atoms with Gasteiger partial charge >= 0.3 is 0 Å². The third-order valence-corrected chi connectivity index (χ3v) is 6.67. The van der Waals surface area contributed by atoms with Crippen molar-refractivity contribution >= 4 is 22.9 Å². The molecule has 1 N–H and O–H groups in total. The van der Waals surface area contributed by atoms with Gasteiger partial charge in [0, 0.05) is 42.3 Å². The van der Waals surface area contributed by atoms with Gasteiger partial charge in [-0.15, -0.1) is 11.3 Å². The maximum absolute atomic E-state index is 6.40. The molecule has 0 aliphatic carbocycles. The molecular formula is C18H24ClN3O2S. The molecule has 4 heterocycles. The van der Waals surface area contributed by atoms with E-state index >= 15 is 0 Å². The lowest BCUT2D eigenvalue weighted by atomic mass is 9.78. The maximum atomic E-state index is 6.40. The summed E-state index contributed by atoms with van der Waals surface area (Å²) in [6, 6.07) is 2.72. The summed E-state index contributed by atoms with van der Waals surface area (Å²) in [6.07, 6.45) is 6.93. The number of hydrogen-bond donors (Lipinski definition) is 1. The zero-order valence-corrected chi connectivity index (χ0v) is 16.2. The number of halogens is 1. The molecule has 2 aromatic rings. The summed E-state index contributed by atoms with van der Waals surface area (Å²) in [5.74, 6) is 0.